The third-order valence-electron chi connectivity index (χ3n) is 1.45. The fourth-order valence-electron chi connectivity index (χ4n) is 0.670. The van der Waals surface area contributed by atoms with E-state index in [2.05, 4.69) is 13.8 Å². The smallest absolute Gasteiger partial charge is 0.00362 e. The largest absolute Gasteiger partial charge is 0.328 e. The Morgan fingerprint density at radius 3 is 2.00 bits per heavy atom. The van der Waals surface area contributed by atoms with Crippen LogP contribution < -0.4 is 5.73 Å². The third-order valence-corrected chi connectivity index (χ3v) is 1.45. The predicted molar refractivity (Wildman–Crippen MR) is 49.1 cm³/mol. The molecule has 1 heteroatoms. The molecule has 0 aromatic rings. The molecule has 0 fully saturated rings. The van der Waals surface area contributed by atoms with E-state index in [0.29, 0.717) is 6.04 Å². The summed E-state index contributed by atoms with van der Waals surface area (Å²) in [5, 5.41) is 0. The van der Waals surface area contributed by atoms with E-state index in [-0.39, 0.29) is 0 Å². The van der Waals surface area contributed by atoms with E-state index in [0.717, 1.165) is 6.42 Å². The van der Waals surface area contributed by atoms with Gasteiger partial charge in [0.15, 0.2) is 0 Å². The first-order valence-corrected chi connectivity index (χ1v) is 4.56. The molecule has 0 rings (SSSR count). The Labute approximate surface area is 66.0 Å². The maximum atomic E-state index is 5.66. The molecular weight excluding hydrogens is 122 g/mol. The number of rotatable bonds is 4. The van der Waals surface area contributed by atoms with Crippen LogP contribution in [0.1, 0.15) is 53.4 Å². The van der Waals surface area contributed by atoms with Gasteiger partial charge < -0.3 is 5.73 Å². The highest BCUT2D eigenvalue weighted by Gasteiger charge is 1.94. The summed E-state index contributed by atoms with van der Waals surface area (Å²) in [6.45, 7) is 8.34. The summed E-state index contributed by atoms with van der Waals surface area (Å²) in [5.74, 6) is 0. The Bertz CT molecular complexity index is 44.0. The fourth-order valence-corrected chi connectivity index (χ4v) is 0.670. The van der Waals surface area contributed by atoms with Gasteiger partial charge in [-0.2, -0.15) is 0 Å². The molecule has 64 valence electrons. The molecule has 0 saturated heterocycles. The number of hydrogen-bond acceptors (Lipinski definition) is 1. The van der Waals surface area contributed by atoms with Gasteiger partial charge in [-0.1, -0.05) is 40.5 Å². The van der Waals surface area contributed by atoms with Crippen LogP contribution in [0.15, 0.2) is 0 Å². The van der Waals surface area contributed by atoms with Gasteiger partial charge in [0.1, 0.15) is 0 Å². The molecule has 0 aliphatic carbocycles. The SMILES string of the molecule is CC.CCCCC(N)CC. The molecule has 0 aromatic carbocycles. The molecule has 0 bridgehead atoms. The molecule has 2 N–H and O–H groups in total. The lowest BCUT2D eigenvalue weighted by Crippen LogP contribution is -2.17. The van der Waals surface area contributed by atoms with Crippen LogP contribution in [0.25, 0.3) is 0 Å². The van der Waals surface area contributed by atoms with E-state index in [1.807, 2.05) is 13.8 Å². The van der Waals surface area contributed by atoms with Crippen molar-refractivity contribution in [3.8, 4) is 0 Å². The van der Waals surface area contributed by atoms with Crippen LogP contribution in [0.4, 0.5) is 0 Å². The van der Waals surface area contributed by atoms with Gasteiger partial charge in [0.2, 0.25) is 0 Å². The normalized spacial score (nSPS) is 11.7. The van der Waals surface area contributed by atoms with Crippen LogP contribution in [0.2, 0.25) is 0 Å². The minimum atomic E-state index is 0.454. The highest BCUT2D eigenvalue weighted by Crippen LogP contribution is 1.99. The average molecular weight is 145 g/mol. The summed E-state index contributed by atoms with van der Waals surface area (Å²) in [5.41, 5.74) is 5.66. The first kappa shape index (κ1) is 12.6. The number of nitrogens with two attached hydrogens (primary N) is 1. The predicted octanol–water partition coefficient (Wildman–Crippen LogP) is 2.94. The summed E-state index contributed by atoms with van der Waals surface area (Å²) in [6.07, 6.45) is 4.88. The van der Waals surface area contributed by atoms with Crippen molar-refractivity contribution in [1.82, 2.24) is 0 Å². The van der Waals surface area contributed by atoms with Gasteiger partial charge >= 0.3 is 0 Å². The molecule has 0 aliphatic rings. The van der Waals surface area contributed by atoms with Crippen molar-refractivity contribution in [3.63, 3.8) is 0 Å². The number of unbranched alkanes of at least 4 members (excludes halogenated alkanes) is 1. The topological polar surface area (TPSA) is 26.0 Å². The van der Waals surface area contributed by atoms with Gasteiger partial charge in [-0.25, -0.2) is 0 Å². The van der Waals surface area contributed by atoms with E-state index in [4.69, 9.17) is 5.73 Å². The quantitative estimate of drug-likeness (QED) is 0.646. The van der Waals surface area contributed by atoms with Crippen LogP contribution in [-0.2, 0) is 0 Å². The molecule has 10 heavy (non-hydrogen) atoms. The maximum absolute atomic E-state index is 5.66. The molecule has 1 nitrogen and oxygen atoms in total. The van der Waals surface area contributed by atoms with E-state index in [1.54, 1.807) is 0 Å². The highest BCUT2D eigenvalue weighted by atomic mass is 14.6. The third kappa shape index (κ3) is 10.9. The van der Waals surface area contributed by atoms with Crippen molar-refractivity contribution in [2.45, 2.75) is 59.4 Å². The average Bonchev–Trinajstić information content (AvgIpc) is 2.04. The molecule has 1 unspecified atom stereocenters. The lowest BCUT2D eigenvalue weighted by Gasteiger charge is -2.04. The molecule has 0 heterocycles. The lowest BCUT2D eigenvalue weighted by atomic mass is 10.1. The van der Waals surface area contributed by atoms with Gasteiger partial charge in [-0.3, -0.25) is 0 Å². The highest BCUT2D eigenvalue weighted by molar-refractivity contribution is 4.56. The summed E-state index contributed by atoms with van der Waals surface area (Å²) in [7, 11) is 0. The van der Waals surface area contributed by atoms with Crippen molar-refractivity contribution < 1.29 is 0 Å². The molecule has 0 amide bonds. The van der Waals surface area contributed by atoms with E-state index in [9.17, 15) is 0 Å². The molecule has 0 saturated carbocycles. The van der Waals surface area contributed by atoms with Gasteiger partial charge in [0, 0.05) is 6.04 Å². The zero-order valence-corrected chi connectivity index (χ0v) is 7.98. The van der Waals surface area contributed by atoms with Crippen molar-refractivity contribution in [3.05, 3.63) is 0 Å². The van der Waals surface area contributed by atoms with Gasteiger partial charge in [0.25, 0.3) is 0 Å². The molecule has 0 spiro atoms. The Hall–Kier alpha value is -0.0400. The first-order chi connectivity index (χ1) is 4.81. The van der Waals surface area contributed by atoms with Crippen LogP contribution in [0.5, 0.6) is 0 Å². The van der Waals surface area contributed by atoms with Gasteiger partial charge in [-0.15, -0.1) is 0 Å². The molecule has 0 radical (unpaired) electrons. The van der Waals surface area contributed by atoms with E-state index < -0.39 is 0 Å². The Kier molecular flexibility index (Phi) is 14.8. The minimum Gasteiger partial charge on any atom is -0.328 e. The first-order valence-electron chi connectivity index (χ1n) is 4.56. The summed E-state index contributed by atoms with van der Waals surface area (Å²) < 4.78 is 0. The zero-order chi connectivity index (χ0) is 8.41. The van der Waals surface area contributed by atoms with Crippen molar-refractivity contribution >= 4 is 0 Å². The van der Waals surface area contributed by atoms with E-state index in [1.165, 1.54) is 19.3 Å². The zero-order valence-electron chi connectivity index (χ0n) is 7.98. The second-order valence-electron chi connectivity index (χ2n) is 2.31. The van der Waals surface area contributed by atoms with Crippen LogP contribution in [0.3, 0.4) is 0 Å². The van der Waals surface area contributed by atoms with Gasteiger partial charge in [-0.05, 0) is 12.8 Å². The Balaban J connectivity index is 0. The molecular formula is C9H23N. The summed E-state index contributed by atoms with van der Waals surface area (Å²) in [4.78, 5) is 0. The summed E-state index contributed by atoms with van der Waals surface area (Å²) in [6, 6.07) is 0.454. The lowest BCUT2D eigenvalue weighted by molar-refractivity contribution is 0.562. The number of hydrogen-bond donors (Lipinski definition) is 1. The second kappa shape index (κ2) is 11.7. The molecule has 0 aliphatic heterocycles. The Morgan fingerprint density at radius 1 is 1.20 bits per heavy atom. The van der Waals surface area contributed by atoms with Crippen molar-refractivity contribution in [2.75, 3.05) is 0 Å². The monoisotopic (exact) mass is 145 g/mol. The second-order valence-corrected chi connectivity index (χ2v) is 2.31. The van der Waals surface area contributed by atoms with Crippen LogP contribution in [-0.4, -0.2) is 6.04 Å². The van der Waals surface area contributed by atoms with Crippen LogP contribution >= 0.6 is 0 Å². The minimum absolute atomic E-state index is 0.454. The Morgan fingerprint density at radius 2 is 1.70 bits per heavy atom. The molecule has 1 atom stereocenters. The van der Waals surface area contributed by atoms with E-state index >= 15 is 0 Å². The maximum Gasteiger partial charge on any atom is 0.00362 e. The van der Waals surface area contributed by atoms with Gasteiger partial charge in [0.05, 0.1) is 0 Å². The summed E-state index contributed by atoms with van der Waals surface area (Å²) >= 11 is 0. The molecule has 0 aromatic heterocycles. The van der Waals surface area contributed by atoms with Crippen LogP contribution in [0, 0.1) is 0 Å². The van der Waals surface area contributed by atoms with Crippen molar-refractivity contribution in [2.24, 2.45) is 5.73 Å². The fraction of sp³-hybridized carbons (Fsp3) is 1.00. The van der Waals surface area contributed by atoms with Crippen molar-refractivity contribution in [1.29, 1.82) is 0 Å². The standard InChI is InChI=1S/C7H17N.C2H6/c1-3-5-6-7(8)4-2;1-2/h7H,3-6,8H2,1-2H3;1-2H3.